The van der Waals surface area contributed by atoms with Crippen LogP contribution in [0.5, 0.6) is 0 Å². The lowest BCUT2D eigenvalue weighted by atomic mass is 9.97. The van der Waals surface area contributed by atoms with Crippen LogP contribution < -0.4 is 0 Å². The number of carbonyl (C=O) groups is 2. The van der Waals surface area contributed by atoms with Crippen molar-refractivity contribution >= 4 is 57.9 Å². The highest BCUT2D eigenvalue weighted by atomic mass is 35.6. The van der Waals surface area contributed by atoms with Gasteiger partial charge in [-0.15, -0.1) is 0 Å². The molecule has 6 nitrogen and oxygen atoms in total. The van der Waals surface area contributed by atoms with Crippen molar-refractivity contribution in [2.75, 3.05) is 13.7 Å². The summed E-state index contributed by atoms with van der Waals surface area (Å²) in [6, 6.07) is -0.991. The van der Waals surface area contributed by atoms with E-state index in [0.717, 1.165) is 0 Å². The van der Waals surface area contributed by atoms with Crippen LogP contribution in [0.25, 0.3) is 0 Å². The van der Waals surface area contributed by atoms with Gasteiger partial charge in [0.15, 0.2) is 10.8 Å². The fourth-order valence-electron chi connectivity index (χ4n) is 2.55. The number of esters is 1. The van der Waals surface area contributed by atoms with Gasteiger partial charge in [0.25, 0.3) is 5.91 Å². The van der Waals surface area contributed by atoms with Crippen molar-refractivity contribution in [3.8, 4) is 0 Å². The number of alkyl halides is 3. The fourth-order valence-corrected chi connectivity index (χ4v) is 4.65. The summed E-state index contributed by atoms with van der Waals surface area (Å²) >= 11 is 15.1. The predicted octanol–water partition coefficient (Wildman–Crippen LogP) is 0.993. The largest absolute Gasteiger partial charge is 0.614 e. The molecule has 4 atom stereocenters. The normalized spacial score (nSPS) is 34.4. The van der Waals surface area contributed by atoms with Gasteiger partial charge in [-0.1, -0.05) is 34.8 Å². The fraction of sp³-hybridized carbons (Fsp3) is 0.818. The number of carbonyl (C=O) groups excluding carboxylic acids is 2. The first-order chi connectivity index (χ1) is 9.52. The van der Waals surface area contributed by atoms with E-state index in [4.69, 9.17) is 44.3 Å². The lowest BCUT2D eigenvalue weighted by Gasteiger charge is -2.40. The van der Waals surface area contributed by atoms with Gasteiger partial charge in [-0.05, 0) is 25.0 Å². The van der Waals surface area contributed by atoms with E-state index >= 15 is 0 Å². The highest BCUT2D eigenvalue weighted by molar-refractivity contribution is 7.94. The first-order valence-corrected chi connectivity index (χ1v) is 8.36. The molecular formula is C11H14Cl3NO5S. The summed E-state index contributed by atoms with van der Waals surface area (Å²) in [5, 5.41) is -0.650. The van der Waals surface area contributed by atoms with Crippen LogP contribution in [0.4, 0.5) is 0 Å². The number of methoxy groups -OCH3 is 1. The number of β-lactam (4-membered cyclic amide) rings is 1. The summed E-state index contributed by atoms with van der Waals surface area (Å²) in [5.74, 6) is -1.14. The van der Waals surface area contributed by atoms with Gasteiger partial charge >= 0.3 is 5.97 Å². The van der Waals surface area contributed by atoms with Gasteiger partial charge in [0, 0.05) is 7.11 Å². The van der Waals surface area contributed by atoms with E-state index in [-0.39, 0.29) is 0 Å². The molecule has 2 aliphatic heterocycles. The van der Waals surface area contributed by atoms with Crippen LogP contribution in [-0.4, -0.2) is 61.1 Å². The summed E-state index contributed by atoms with van der Waals surface area (Å²) in [7, 11) is 1.36. The molecule has 0 aromatic rings. The topological polar surface area (TPSA) is 78.9 Å². The molecule has 0 aromatic heterocycles. The molecule has 120 valence electrons. The Morgan fingerprint density at radius 2 is 2.05 bits per heavy atom. The Kier molecular flexibility index (Phi) is 4.66. The molecule has 0 bridgehead atoms. The highest BCUT2D eigenvalue weighted by Gasteiger charge is 2.73. The minimum Gasteiger partial charge on any atom is -0.614 e. The second kappa shape index (κ2) is 5.62. The van der Waals surface area contributed by atoms with E-state index in [0.29, 0.717) is 0 Å². The molecule has 0 radical (unpaired) electrons. The molecule has 21 heavy (non-hydrogen) atoms. The van der Waals surface area contributed by atoms with Crippen molar-refractivity contribution < 1.29 is 23.6 Å². The van der Waals surface area contributed by atoms with Crippen molar-refractivity contribution in [2.45, 2.75) is 39.9 Å². The lowest BCUT2D eigenvalue weighted by Crippen LogP contribution is -2.67. The van der Waals surface area contributed by atoms with Crippen LogP contribution in [0.15, 0.2) is 0 Å². The SMILES string of the molecule is CO[C@H]1C(=O)N2[C@@H]1[S+]([O-])C(C)(C)[C@@H]2C(=O)OCC(Cl)(Cl)Cl. The Hall–Kier alpha value is 0.0800. The summed E-state index contributed by atoms with van der Waals surface area (Å²) in [6.07, 6.45) is -0.795. The average molecular weight is 379 g/mol. The van der Waals surface area contributed by atoms with Crippen LogP contribution >= 0.6 is 34.8 Å². The zero-order chi connectivity index (χ0) is 16.2. The molecule has 1 unspecified atom stereocenters. The van der Waals surface area contributed by atoms with Crippen LogP contribution in [0.3, 0.4) is 0 Å². The summed E-state index contributed by atoms with van der Waals surface area (Å²) in [5.41, 5.74) is 0. The van der Waals surface area contributed by atoms with E-state index in [1.54, 1.807) is 13.8 Å². The summed E-state index contributed by atoms with van der Waals surface area (Å²) in [6.45, 7) is 2.81. The van der Waals surface area contributed by atoms with Gasteiger partial charge in [0.1, 0.15) is 6.61 Å². The average Bonchev–Trinajstić information content (AvgIpc) is 2.53. The molecule has 2 rings (SSSR count). The molecule has 2 fully saturated rings. The number of fused-ring (bicyclic) bond motifs is 1. The van der Waals surface area contributed by atoms with E-state index in [1.807, 2.05) is 0 Å². The van der Waals surface area contributed by atoms with Crippen LogP contribution in [0.1, 0.15) is 13.8 Å². The summed E-state index contributed by atoms with van der Waals surface area (Å²) in [4.78, 5) is 25.5. The van der Waals surface area contributed by atoms with Gasteiger partial charge in [0.2, 0.25) is 15.3 Å². The second-order valence-corrected chi connectivity index (χ2v) is 9.96. The Morgan fingerprint density at radius 1 is 1.48 bits per heavy atom. The Balaban J connectivity index is 2.19. The van der Waals surface area contributed by atoms with Crippen molar-refractivity contribution in [2.24, 2.45) is 0 Å². The molecule has 0 N–H and O–H groups in total. The van der Waals surface area contributed by atoms with Gasteiger partial charge < -0.3 is 14.0 Å². The Labute approximate surface area is 140 Å². The third kappa shape index (κ3) is 2.84. The van der Waals surface area contributed by atoms with Gasteiger partial charge in [-0.3, -0.25) is 9.69 Å². The van der Waals surface area contributed by atoms with E-state index in [9.17, 15) is 14.1 Å². The zero-order valence-electron chi connectivity index (χ0n) is 11.5. The first kappa shape index (κ1) is 17.4. The number of nitrogens with zero attached hydrogens (tertiary/aromatic N) is 1. The monoisotopic (exact) mass is 377 g/mol. The number of hydrogen-bond donors (Lipinski definition) is 0. The molecule has 0 aromatic carbocycles. The summed E-state index contributed by atoms with van der Waals surface area (Å²) < 4.78 is 19.7. The number of rotatable bonds is 3. The third-order valence-electron chi connectivity index (χ3n) is 3.56. The molecule has 0 spiro atoms. The Bertz CT molecular complexity index is 469. The van der Waals surface area contributed by atoms with Crippen molar-refractivity contribution in [1.82, 2.24) is 4.90 Å². The van der Waals surface area contributed by atoms with Crippen molar-refractivity contribution in [3.05, 3.63) is 0 Å². The van der Waals surface area contributed by atoms with Crippen molar-refractivity contribution in [1.29, 1.82) is 0 Å². The maximum Gasteiger partial charge on any atom is 0.334 e. The molecular weight excluding hydrogens is 365 g/mol. The molecule has 10 heteroatoms. The van der Waals surface area contributed by atoms with Crippen LogP contribution in [-0.2, 0) is 30.2 Å². The molecule has 1 amide bonds. The van der Waals surface area contributed by atoms with Crippen LogP contribution in [0, 0.1) is 0 Å². The van der Waals surface area contributed by atoms with Gasteiger partial charge in [-0.2, -0.15) is 0 Å². The molecule has 2 saturated heterocycles. The Morgan fingerprint density at radius 3 is 2.52 bits per heavy atom. The maximum atomic E-state index is 12.5. The second-order valence-electron chi connectivity index (χ2n) is 5.32. The van der Waals surface area contributed by atoms with Gasteiger partial charge in [0.05, 0.1) is 0 Å². The molecule has 0 saturated carbocycles. The number of amides is 1. The maximum absolute atomic E-state index is 12.5. The number of hydrogen-bond acceptors (Lipinski definition) is 5. The standard InChI is InChI=1S/C11H14Cl3NO5S/c1-10(2)6(9(17)20-4-11(12,13)14)15-7(16)5(19-3)8(15)21(10)18/h5-6,8H,4H2,1-3H3/t5-,6-,8+,21?/m0/s1. The van der Waals surface area contributed by atoms with Gasteiger partial charge in [-0.25, -0.2) is 4.79 Å². The minimum atomic E-state index is -1.75. The molecule has 0 aliphatic carbocycles. The quantitative estimate of drug-likeness (QED) is 0.317. The first-order valence-electron chi connectivity index (χ1n) is 6.01. The van der Waals surface area contributed by atoms with Crippen LogP contribution in [0.2, 0.25) is 0 Å². The third-order valence-corrected chi connectivity index (χ3v) is 6.06. The van der Waals surface area contributed by atoms with E-state index in [1.165, 1.54) is 12.0 Å². The minimum absolute atomic E-state index is 0.391. The number of ether oxygens (including phenoxy) is 2. The van der Waals surface area contributed by atoms with E-state index in [2.05, 4.69) is 0 Å². The van der Waals surface area contributed by atoms with Crippen molar-refractivity contribution in [3.63, 3.8) is 0 Å². The smallest absolute Gasteiger partial charge is 0.334 e. The number of halogens is 3. The predicted molar refractivity (Wildman–Crippen MR) is 78.7 cm³/mol. The lowest BCUT2D eigenvalue weighted by molar-refractivity contribution is -0.174. The van der Waals surface area contributed by atoms with E-state index < -0.39 is 55.7 Å². The zero-order valence-corrected chi connectivity index (χ0v) is 14.6. The molecule has 2 heterocycles. The highest BCUT2D eigenvalue weighted by Crippen LogP contribution is 2.47. The molecule has 2 aliphatic rings.